The summed E-state index contributed by atoms with van der Waals surface area (Å²) in [6.45, 7) is 2.85. The van der Waals surface area contributed by atoms with E-state index in [1.54, 1.807) is 12.1 Å². The number of aromatic nitrogens is 1. The van der Waals surface area contributed by atoms with Gasteiger partial charge in [-0.15, -0.1) is 0 Å². The molecule has 1 aliphatic carbocycles. The Kier molecular flexibility index (Phi) is 5.51. The topological polar surface area (TPSA) is 80.7 Å². The van der Waals surface area contributed by atoms with Crippen molar-refractivity contribution in [2.75, 3.05) is 0 Å². The molecule has 1 aliphatic rings. The number of non-ortho nitro benzene ring substituents is 1. The highest BCUT2D eigenvalue weighted by Gasteiger charge is 2.18. The van der Waals surface area contributed by atoms with Gasteiger partial charge in [0.15, 0.2) is 0 Å². The van der Waals surface area contributed by atoms with Crippen LogP contribution in [0.4, 0.5) is 5.69 Å². The van der Waals surface area contributed by atoms with Crippen LogP contribution >= 0.6 is 0 Å². The van der Waals surface area contributed by atoms with E-state index in [4.69, 9.17) is 0 Å². The Morgan fingerprint density at radius 2 is 1.83 bits per heavy atom. The summed E-state index contributed by atoms with van der Waals surface area (Å²) >= 11 is 0. The number of oxime groups is 1. The van der Waals surface area contributed by atoms with Crippen LogP contribution in [0, 0.1) is 16.0 Å². The SMILES string of the molecule is CCn1c2ccc(C(CCC3CCCCC3)=NO)cc2c2cc([N+](=O)[O-])ccc21. The van der Waals surface area contributed by atoms with Crippen molar-refractivity contribution in [1.29, 1.82) is 0 Å². The van der Waals surface area contributed by atoms with Crippen molar-refractivity contribution < 1.29 is 10.1 Å². The zero-order valence-electron chi connectivity index (χ0n) is 16.8. The van der Waals surface area contributed by atoms with Gasteiger partial charge in [-0.1, -0.05) is 43.3 Å². The third-order valence-corrected chi connectivity index (χ3v) is 6.34. The van der Waals surface area contributed by atoms with Crippen LogP contribution in [-0.2, 0) is 6.54 Å². The van der Waals surface area contributed by atoms with E-state index >= 15 is 0 Å². The molecule has 1 fully saturated rings. The normalized spacial score (nSPS) is 16.0. The van der Waals surface area contributed by atoms with Crippen molar-refractivity contribution >= 4 is 33.2 Å². The van der Waals surface area contributed by atoms with Crippen molar-refractivity contribution in [3.63, 3.8) is 0 Å². The van der Waals surface area contributed by atoms with Crippen molar-refractivity contribution in [3.8, 4) is 0 Å². The molecule has 3 aromatic rings. The van der Waals surface area contributed by atoms with Gasteiger partial charge < -0.3 is 9.77 Å². The fourth-order valence-corrected chi connectivity index (χ4v) is 4.79. The first-order valence-corrected chi connectivity index (χ1v) is 10.5. The molecule has 152 valence electrons. The minimum atomic E-state index is -0.358. The third kappa shape index (κ3) is 3.71. The second-order valence-corrected chi connectivity index (χ2v) is 8.02. The van der Waals surface area contributed by atoms with Crippen molar-refractivity contribution in [3.05, 3.63) is 52.1 Å². The Balaban J connectivity index is 1.72. The lowest BCUT2D eigenvalue weighted by molar-refractivity contribution is -0.384. The average molecular weight is 393 g/mol. The zero-order chi connectivity index (χ0) is 20.4. The first-order valence-electron chi connectivity index (χ1n) is 10.5. The van der Waals surface area contributed by atoms with Crippen LogP contribution in [0.25, 0.3) is 21.8 Å². The number of hydrogen-bond acceptors (Lipinski definition) is 4. The number of nitro groups is 1. The highest BCUT2D eigenvalue weighted by Crippen LogP contribution is 2.33. The summed E-state index contributed by atoms with van der Waals surface area (Å²) in [6.07, 6.45) is 8.27. The van der Waals surface area contributed by atoms with E-state index in [1.165, 1.54) is 32.1 Å². The molecule has 29 heavy (non-hydrogen) atoms. The molecule has 1 heterocycles. The maximum absolute atomic E-state index is 11.3. The predicted molar refractivity (Wildman–Crippen MR) is 116 cm³/mol. The molecule has 2 aromatic carbocycles. The van der Waals surface area contributed by atoms with Gasteiger partial charge in [0.25, 0.3) is 5.69 Å². The van der Waals surface area contributed by atoms with Gasteiger partial charge in [0.1, 0.15) is 0 Å². The smallest absolute Gasteiger partial charge is 0.270 e. The fourth-order valence-electron chi connectivity index (χ4n) is 4.79. The number of aryl methyl sites for hydroxylation is 1. The molecular weight excluding hydrogens is 366 g/mol. The van der Waals surface area contributed by atoms with Gasteiger partial charge in [-0.2, -0.15) is 0 Å². The first kappa shape index (κ1) is 19.4. The van der Waals surface area contributed by atoms with Gasteiger partial charge in [-0.3, -0.25) is 10.1 Å². The maximum Gasteiger partial charge on any atom is 0.270 e. The van der Waals surface area contributed by atoms with Crippen LogP contribution < -0.4 is 0 Å². The van der Waals surface area contributed by atoms with E-state index in [9.17, 15) is 15.3 Å². The van der Waals surface area contributed by atoms with Gasteiger partial charge in [-0.05, 0) is 43.9 Å². The van der Waals surface area contributed by atoms with Crippen LogP contribution in [-0.4, -0.2) is 20.4 Å². The molecule has 6 nitrogen and oxygen atoms in total. The standard InChI is InChI=1S/C23H27N3O3/c1-2-25-22-12-9-17(21(24-27)11-8-16-6-4-3-5-7-16)14-19(22)20-15-18(26(28)29)10-13-23(20)25/h9-10,12-16,27H,2-8,11H2,1H3. The Morgan fingerprint density at radius 3 is 2.48 bits per heavy atom. The lowest BCUT2D eigenvalue weighted by Crippen LogP contribution is -2.10. The predicted octanol–water partition coefficient (Wildman–Crippen LogP) is 6.26. The monoisotopic (exact) mass is 393 g/mol. The molecular formula is C23H27N3O3. The number of nitrogens with zero attached hydrogens (tertiary/aromatic N) is 3. The van der Waals surface area contributed by atoms with E-state index in [-0.39, 0.29) is 10.6 Å². The number of rotatable bonds is 6. The van der Waals surface area contributed by atoms with Crippen LogP contribution in [0.2, 0.25) is 0 Å². The number of hydrogen-bond donors (Lipinski definition) is 1. The largest absolute Gasteiger partial charge is 0.411 e. The van der Waals surface area contributed by atoms with Gasteiger partial charge in [-0.25, -0.2) is 0 Å². The van der Waals surface area contributed by atoms with Gasteiger partial charge in [0.05, 0.1) is 10.6 Å². The Bertz CT molecular complexity index is 1080. The summed E-state index contributed by atoms with van der Waals surface area (Å²) in [5.74, 6) is 0.717. The Morgan fingerprint density at radius 1 is 1.14 bits per heavy atom. The van der Waals surface area contributed by atoms with Crippen molar-refractivity contribution in [1.82, 2.24) is 4.57 Å². The maximum atomic E-state index is 11.3. The summed E-state index contributed by atoms with van der Waals surface area (Å²) < 4.78 is 2.16. The number of benzene rings is 2. The van der Waals surface area contributed by atoms with Crippen molar-refractivity contribution in [2.24, 2.45) is 11.1 Å². The second kappa shape index (κ2) is 8.23. The highest BCUT2D eigenvalue weighted by molar-refractivity contribution is 6.12. The molecule has 0 saturated heterocycles. The van der Waals surface area contributed by atoms with E-state index in [2.05, 4.69) is 16.6 Å². The minimum absolute atomic E-state index is 0.0893. The van der Waals surface area contributed by atoms with Crippen molar-refractivity contribution in [2.45, 2.75) is 58.4 Å². The molecule has 0 amide bonds. The minimum Gasteiger partial charge on any atom is -0.411 e. The molecule has 0 radical (unpaired) electrons. The van der Waals surface area contributed by atoms with Gasteiger partial charge >= 0.3 is 0 Å². The zero-order valence-corrected chi connectivity index (χ0v) is 16.8. The summed E-state index contributed by atoms with van der Waals surface area (Å²) in [7, 11) is 0. The van der Waals surface area contributed by atoms with Crippen LogP contribution in [0.5, 0.6) is 0 Å². The van der Waals surface area contributed by atoms with Gasteiger partial charge in [0, 0.05) is 46.0 Å². The van der Waals surface area contributed by atoms with Crippen LogP contribution in [0.15, 0.2) is 41.6 Å². The van der Waals surface area contributed by atoms with Crippen LogP contribution in [0.1, 0.15) is 57.4 Å². The molecule has 1 aromatic heterocycles. The summed E-state index contributed by atoms with van der Waals surface area (Å²) in [6, 6.07) is 11.1. The molecule has 0 atom stereocenters. The lowest BCUT2D eigenvalue weighted by atomic mass is 9.85. The molecule has 0 bridgehead atoms. The molecule has 0 unspecified atom stereocenters. The molecule has 6 heteroatoms. The third-order valence-electron chi connectivity index (χ3n) is 6.34. The van der Waals surface area contributed by atoms with Crippen LogP contribution in [0.3, 0.4) is 0 Å². The molecule has 1 saturated carbocycles. The fraction of sp³-hybridized carbons (Fsp3) is 0.435. The summed E-state index contributed by atoms with van der Waals surface area (Å²) in [5, 5.41) is 26.3. The lowest BCUT2D eigenvalue weighted by Gasteiger charge is -2.21. The highest BCUT2D eigenvalue weighted by atomic mass is 16.6. The first-order chi connectivity index (χ1) is 14.1. The van der Waals surface area contributed by atoms with E-state index < -0.39 is 0 Å². The molecule has 0 aliphatic heterocycles. The molecule has 4 rings (SSSR count). The Hall–Kier alpha value is -2.89. The summed E-state index contributed by atoms with van der Waals surface area (Å²) in [5.41, 5.74) is 3.69. The van der Waals surface area contributed by atoms with Gasteiger partial charge in [0.2, 0.25) is 0 Å². The molecule has 1 N–H and O–H groups in total. The second-order valence-electron chi connectivity index (χ2n) is 8.02. The summed E-state index contributed by atoms with van der Waals surface area (Å²) in [4.78, 5) is 10.9. The number of fused-ring (bicyclic) bond motifs is 3. The van der Waals surface area contributed by atoms with E-state index in [0.717, 1.165) is 46.8 Å². The Labute approximate surface area is 170 Å². The van der Waals surface area contributed by atoms with E-state index in [1.807, 2.05) is 24.3 Å². The average Bonchev–Trinajstić information content (AvgIpc) is 3.07. The molecule has 0 spiro atoms. The number of nitro benzene ring substituents is 1. The van der Waals surface area contributed by atoms with E-state index in [0.29, 0.717) is 11.6 Å². The quantitative estimate of drug-likeness (QED) is 0.232.